The minimum absolute atomic E-state index is 0.139. The van der Waals surface area contributed by atoms with Crippen LogP contribution in [0.3, 0.4) is 0 Å². The number of aromatic nitrogens is 2. The van der Waals surface area contributed by atoms with Crippen LogP contribution in [0.25, 0.3) is 5.65 Å². The number of hydrogen-bond donors (Lipinski definition) is 0. The Labute approximate surface area is 104 Å². The van der Waals surface area contributed by atoms with Crippen LogP contribution >= 0.6 is 10.7 Å². The maximum absolute atomic E-state index is 11.7. The van der Waals surface area contributed by atoms with E-state index < -0.39 is 9.05 Å². The van der Waals surface area contributed by atoms with E-state index in [9.17, 15) is 8.42 Å². The summed E-state index contributed by atoms with van der Waals surface area (Å²) in [7, 11) is 1.75. The monoisotopic (exact) mass is 270 g/mol. The first-order valence-electron chi connectivity index (χ1n) is 5.40. The number of rotatable bonds is 2. The lowest BCUT2D eigenvalue weighted by Crippen LogP contribution is -2.00. The standard InChI is InChI=1S/C11H11ClN2O2S/c1-7-3-2-6-14-10(7)13-9(8-4-5-8)11(14)17(12,15)16/h2-3,6,8H,4-5H2,1H3. The summed E-state index contributed by atoms with van der Waals surface area (Å²) in [5.74, 6) is 0.248. The molecular formula is C11H11ClN2O2S. The summed E-state index contributed by atoms with van der Waals surface area (Å²) < 4.78 is 24.9. The van der Waals surface area contributed by atoms with E-state index in [2.05, 4.69) is 4.98 Å². The molecule has 0 spiro atoms. The average molecular weight is 271 g/mol. The van der Waals surface area contributed by atoms with E-state index in [0.29, 0.717) is 11.3 Å². The SMILES string of the molecule is Cc1cccn2c(S(=O)(=O)Cl)c(C3CC3)nc12. The summed E-state index contributed by atoms with van der Waals surface area (Å²) in [6, 6.07) is 3.70. The fourth-order valence-electron chi connectivity index (χ4n) is 2.06. The summed E-state index contributed by atoms with van der Waals surface area (Å²) in [4.78, 5) is 4.44. The first-order valence-corrected chi connectivity index (χ1v) is 7.71. The van der Waals surface area contributed by atoms with E-state index in [-0.39, 0.29) is 10.9 Å². The van der Waals surface area contributed by atoms with E-state index in [4.69, 9.17) is 10.7 Å². The second kappa shape index (κ2) is 3.46. The van der Waals surface area contributed by atoms with Crippen molar-refractivity contribution in [1.29, 1.82) is 0 Å². The van der Waals surface area contributed by atoms with Gasteiger partial charge in [0.25, 0.3) is 9.05 Å². The molecule has 0 atom stereocenters. The van der Waals surface area contributed by atoms with Crippen molar-refractivity contribution in [3.63, 3.8) is 0 Å². The van der Waals surface area contributed by atoms with Gasteiger partial charge in [-0.2, -0.15) is 0 Å². The molecule has 0 aromatic carbocycles. The van der Waals surface area contributed by atoms with Crippen molar-refractivity contribution in [3.8, 4) is 0 Å². The molecule has 2 aromatic rings. The summed E-state index contributed by atoms with van der Waals surface area (Å²) >= 11 is 0. The van der Waals surface area contributed by atoms with E-state index in [0.717, 1.165) is 18.4 Å². The Hall–Kier alpha value is -1.07. The number of hydrogen-bond acceptors (Lipinski definition) is 3. The third-order valence-electron chi connectivity index (χ3n) is 3.02. The predicted octanol–water partition coefficient (Wildman–Crippen LogP) is 2.45. The lowest BCUT2D eigenvalue weighted by atomic mass is 10.3. The van der Waals surface area contributed by atoms with E-state index >= 15 is 0 Å². The molecule has 1 saturated carbocycles. The molecule has 0 aliphatic heterocycles. The molecule has 2 aromatic heterocycles. The second-order valence-electron chi connectivity index (χ2n) is 4.40. The number of pyridine rings is 1. The number of aryl methyl sites for hydroxylation is 1. The van der Waals surface area contributed by atoms with Crippen molar-refractivity contribution < 1.29 is 8.42 Å². The topological polar surface area (TPSA) is 51.4 Å². The molecule has 1 aliphatic carbocycles. The summed E-state index contributed by atoms with van der Waals surface area (Å²) in [5, 5.41) is 0.139. The summed E-state index contributed by atoms with van der Waals surface area (Å²) in [6.07, 6.45) is 3.67. The highest BCUT2D eigenvalue weighted by molar-refractivity contribution is 8.13. The quantitative estimate of drug-likeness (QED) is 0.788. The molecule has 6 heteroatoms. The zero-order chi connectivity index (χ0) is 12.2. The van der Waals surface area contributed by atoms with Gasteiger partial charge >= 0.3 is 0 Å². The van der Waals surface area contributed by atoms with Crippen LogP contribution in [0.1, 0.15) is 30.0 Å². The zero-order valence-electron chi connectivity index (χ0n) is 9.22. The Morgan fingerprint density at radius 3 is 2.76 bits per heavy atom. The maximum atomic E-state index is 11.7. The Balaban J connectivity index is 2.43. The second-order valence-corrected chi connectivity index (χ2v) is 6.88. The molecule has 4 nitrogen and oxygen atoms in total. The van der Waals surface area contributed by atoms with Crippen molar-refractivity contribution in [2.45, 2.75) is 30.7 Å². The molecule has 0 bridgehead atoms. The third kappa shape index (κ3) is 1.73. The molecule has 17 heavy (non-hydrogen) atoms. The van der Waals surface area contributed by atoms with Crippen LogP contribution in [-0.4, -0.2) is 17.8 Å². The number of halogens is 1. The largest absolute Gasteiger partial charge is 0.289 e. The van der Waals surface area contributed by atoms with E-state index in [1.165, 1.54) is 0 Å². The van der Waals surface area contributed by atoms with Crippen LogP contribution in [0.5, 0.6) is 0 Å². The molecule has 0 N–H and O–H groups in total. The van der Waals surface area contributed by atoms with Gasteiger partial charge in [0.2, 0.25) is 0 Å². The van der Waals surface area contributed by atoms with Crippen LogP contribution in [0, 0.1) is 6.92 Å². The highest BCUT2D eigenvalue weighted by Gasteiger charge is 2.34. The molecule has 1 aliphatic rings. The molecule has 0 radical (unpaired) electrons. The number of fused-ring (bicyclic) bond motifs is 1. The summed E-state index contributed by atoms with van der Waals surface area (Å²) in [6.45, 7) is 1.91. The molecular weight excluding hydrogens is 260 g/mol. The molecule has 3 rings (SSSR count). The number of nitrogens with zero attached hydrogens (tertiary/aromatic N) is 2. The molecule has 2 heterocycles. The lowest BCUT2D eigenvalue weighted by Gasteiger charge is -2.00. The number of imidazole rings is 1. The molecule has 90 valence electrons. The van der Waals surface area contributed by atoms with Gasteiger partial charge in [-0.3, -0.25) is 4.40 Å². The third-order valence-corrected chi connectivity index (χ3v) is 4.33. The summed E-state index contributed by atoms with van der Waals surface area (Å²) in [5.41, 5.74) is 2.24. The molecule has 1 fully saturated rings. The normalized spacial score (nSPS) is 16.6. The van der Waals surface area contributed by atoms with Gasteiger partial charge in [-0.05, 0) is 31.4 Å². The average Bonchev–Trinajstić information content (AvgIpc) is 2.97. The Kier molecular flexibility index (Phi) is 2.25. The van der Waals surface area contributed by atoms with Crippen LogP contribution in [0.4, 0.5) is 0 Å². The predicted molar refractivity (Wildman–Crippen MR) is 64.9 cm³/mol. The fraction of sp³-hybridized carbons (Fsp3) is 0.364. The van der Waals surface area contributed by atoms with Crippen LogP contribution in [0.2, 0.25) is 0 Å². The van der Waals surface area contributed by atoms with Gasteiger partial charge in [-0.1, -0.05) is 6.07 Å². The lowest BCUT2D eigenvalue weighted by molar-refractivity contribution is 0.603. The van der Waals surface area contributed by atoms with Crippen molar-refractivity contribution in [3.05, 3.63) is 29.6 Å². The van der Waals surface area contributed by atoms with Crippen LogP contribution in [-0.2, 0) is 9.05 Å². The molecule has 0 unspecified atom stereocenters. The van der Waals surface area contributed by atoms with Gasteiger partial charge < -0.3 is 0 Å². The molecule has 0 saturated heterocycles. The van der Waals surface area contributed by atoms with Crippen LogP contribution < -0.4 is 0 Å². The maximum Gasteiger partial charge on any atom is 0.279 e. The van der Waals surface area contributed by atoms with Crippen molar-refractivity contribution >= 4 is 25.4 Å². The van der Waals surface area contributed by atoms with Crippen LogP contribution in [0.15, 0.2) is 23.4 Å². The first-order chi connectivity index (χ1) is 7.98. The highest BCUT2D eigenvalue weighted by atomic mass is 35.7. The Bertz CT molecular complexity index is 702. The van der Waals surface area contributed by atoms with E-state index in [1.807, 2.05) is 13.0 Å². The van der Waals surface area contributed by atoms with Gasteiger partial charge in [-0.15, -0.1) is 0 Å². The Morgan fingerprint density at radius 1 is 1.47 bits per heavy atom. The Morgan fingerprint density at radius 2 is 2.18 bits per heavy atom. The van der Waals surface area contributed by atoms with E-state index in [1.54, 1.807) is 16.7 Å². The smallest absolute Gasteiger partial charge is 0.279 e. The van der Waals surface area contributed by atoms with Gasteiger partial charge in [0, 0.05) is 22.8 Å². The first kappa shape index (κ1) is 11.0. The fourth-order valence-corrected chi connectivity index (χ4v) is 3.37. The minimum atomic E-state index is -3.77. The van der Waals surface area contributed by atoms with Crippen molar-refractivity contribution in [1.82, 2.24) is 9.38 Å². The molecule has 0 amide bonds. The van der Waals surface area contributed by atoms with Gasteiger partial charge in [0.15, 0.2) is 5.03 Å². The van der Waals surface area contributed by atoms with Crippen molar-refractivity contribution in [2.24, 2.45) is 0 Å². The highest BCUT2D eigenvalue weighted by Crippen LogP contribution is 2.43. The minimum Gasteiger partial charge on any atom is -0.289 e. The van der Waals surface area contributed by atoms with Crippen molar-refractivity contribution in [2.75, 3.05) is 0 Å². The van der Waals surface area contributed by atoms with Gasteiger partial charge in [0.05, 0.1) is 5.69 Å². The van der Waals surface area contributed by atoms with Gasteiger partial charge in [-0.25, -0.2) is 13.4 Å². The van der Waals surface area contributed by atoms with Gasteiger partial charge in [0.1, 0.15) is 5.65 Å². The zero-order valence-corrected chi connectivity index (χ0v) is 10.8.